The molecule has 0 saturated heterocycles. The minimum Gasteiger partial charge on any atom is -0.476 e. The lowest BCUT2D eigenvalue weighted by Gasteiger charge is -2.26. The van der Waals surface area contributed by atoms with Crippen LogP contribution in [-0.2, 0) is 13.6 Å². The van der Waals surface area contributed by atoms with Crippen molar-refractivity contribution in [3.05, 3.63) is 52.3 Å². The smallest absolute Gasteiger partial charge is 0.356 e. The molecule has 0 atom stereocenters. The molecule has 1 aromatic heterocycles. The van der Waals surface area contributed by atoms with E-state index < -0.39 is 5.97 Å². The summed E-state index contributed by atoms with van der Waals surface area (Å²) in [5.41, 5.74) is 3.56. The van der Waals surface area contributed by atoms with E-state index in [0.29, 0.717) is 19.0 Å². The van der Waals surface area contributed by atoms with Gasteiger partial charge in [-0.2, -0.15) is 5.10 Å². The number of carboxylic acids is 1. The fraction of sp³-hybridized carbons (Fsp3) is 0.421. The van der Waals surface area contributed by atoms with Crippen LogP contribution in [0.2, 0.25) is 0 Å². The molecule has 0 aliphatic carbocycles. The molecule has 1 heterocycles. The molecule has 6 nitrogen and oxygen atoms in total. The van der Waals surface area contributed by atoms with E-state index in [1.54, 1.807) is 11.9 Å². The van der Waals surface area contributed by atoms with Crippen molar-refractivity contribution in [1.82, 2.24) is 14.7 Å². The van der Waals surface area contributed by atoms with Gasteiger partial charge in [0, 0.05) is 26.2 Å². The van der Waals surface area contributed by atoms with Crippen LogP contribution in [0.5, 0.6) is 0 Å². The molecule has 134 valence electrons. The van der Waals surface area contributed by atoms with Crippen molar-refractivity contribution in [1.29, 1.82) is 0 Å². The standard InChI is InChI=1S/C19H25N3O3/c1-12(2)10-22(11-15-13(3)7-6-8-14(15)4)18(23)17-9-16(19(24)25)20-21(17)5/h6-9,12H,10-11H2,1-5H3,(H,24,25). The number of aryl methyl sites for hydroxylation is 3. The molecule has 6 heteroatoms. The van der Waals surface area contributed by atoms with Crippen molar-refractivity contribution in [2.24, 2.45) is 13.0 Å². The topological polar surface area (TPSA) is 75.4 Å². The van der Waals surface area contributed by atoms with Gasteiger partial charge in [-0.05, 0) is 36.5 Å². The lowest BCUT2D eigenvalue weighted by molar-refractivity contribution is 0.0687. The maximum atomic E-state index is 13.0. The van der Waals surface area contributed by atoms with Crippen LogP contribution >= 0.6 is 0 Å². The van der Waals surface area contributed by atoms with E-state index in [4.69, 9.17) is 5.11 Å². The third kappa shape index (κ3) is 4.26. The first-order valence-electron chi connectivity index (χ1n) is 8.32. The molecule has 0 radical (unpaired) electrons. The zero-order valence-corrected chi connectivity index (χ0v) is 15.4. The summed E-state index contributed by atoms with van der Waals surface area (Å²) in [6.07, 6.45) is 0. The van der Waals surface area contributed by atoms with E-state index in [0.717, 1.165) is 16.7 Å². The predicted octanol–water partition coefficient (Wildman–Crippen LogP) is 3.03. The molecule has 0 fully saturated rings. The molecular weight excluding hydrogens is 318 g/mol. The number of carbonyl (C=O) groups excluding carboxylic acids is 1. The number of benzene rings is 1. The summed E-state index contributed by atoms with van der Waals surface area (Å²) in [6, 6.07) is 7.41. The van der Waals surface area contributed by atoms with Gasteiger partial charge in [0.25, 0.3) is 5.91 Å². The van der Waals surface area contributed by atoms with Crippen molar-refractivity contribution < 1.29 is 14.7 Å². The number of amides is 1. The van der Waals surface area contributed by atoms with Gasteiger partial charge < -0.3 is 10.0 Å². The molecule has 0 saturated carbocycles. The van der Waals surface area contributed by atoms with Crippen LogP contribution in [0.4, 0.5) is 0 Å². The summed E-state index contributed by atoms with van der Waals surface area (Å²) in [5.74, 6) is -1.06. The van der Waals surface area contributed by atoms with Crippen LogP contribution < -0.4 is 0 Å². The number of hydrogen-bond acceptors (Lipinski definition) is 3. The summed E-state index contributed by atoms with van der Waals surface area (Å²) in [6.45, 7) is 9.25. The molecule has 0 aliphatic rings. The normalized spacial score (nSPS) is 11.0. The quantitative estimate of drug-likeness (QED) is 0.875. The Labute approximate surface area is 148 Å². The van der Waals surface area contributed by atoms with Crippen LogP contribution in [0.25, 0.3) is 0 Å². The van der Waals surface area contributed by atoms with Gasteiger partial charge in [0.05, 0.1) is 0 Å². The summed E-state index contributed by atoms with van der Waals surface area (Å²) < 4.78 is 1.34. The average molecular weight is 343 g/mol. The first-order chi connectivity index (χ1) is 11.7. The zero-order chi connectivity index (χ0) is 18.7. The Morgan fingerprint density at radius 2 is 1.84 bits per heavy atom. The van der Waals surface area contributed by atoms with Gasteiger partial charge in [0.15, 0.2) is 5.69 Å². The molecule has 2 rings (SSSR count). The van der Waals surface area contributed by atoms with Crippen LogP contribution in [0, 0.1) is 19.8 Å². The van der Waals surface area contributed by atoms with E-state index in [1.807, 2.05) is 32.0 Å². The lowest BCUT2D eigenvalue weighted by Crippen LogP contribution is -2.35. The third-order valence-electron chi connectivity index (χ3n) is 4.18. The maximum Gasteiger partial charge on any atom is 0.356 e. The van der Waals surface area contributed by atoms with Crippen molar-refractivity contribution in [2.45, 2.75) is 34.2 Å². The Morgan fingerprint density at radius 3 is 2.32 bits per heavy atom. The number of nitrogens with zero attached hydrogens (tertiary/aromatic N) is 3. The third-order valence-corrected chi connectivity index (χ3v) is 4.18. The largest absolute Gasteiger partial charge is 0.476 e. The van der Waals surface area contributed by atoms with Gasteiger partial charge in [-0.25, -0.2) is 4.79 Å². The van der Waals surface area contributed by atoms with Gasteiger partial charge in [-0.15, -0.1) is 0 Å². The molecule has 1 N–H and O–H groups in total. The van der Waals surface area contributed by atoms with Gasteiger partial charge in [-0.1, -0.05) is 32.0 Å². The van der Waals surface area contributed by atoms with Crippen LogP contribution in [0.3, 0.4) is 0 Å². The number of aromatic nitrogens is 2. The summed E-state index contributed by atoms with van der Waals surface area (Å²) in [4.78, 5) is 25.9. The second-order valence-electron chi connectivity index (χ2n) is 6.79. The molecular formula is C19H25N3O3. The van der Waals surface area contributed by atoms with Gasteiger partial charge >= 0.3 is 5.97 Å². The highest BCUT2D eigenvalue weighted by atomic mass is 16.4. The van der Waals surface area contributed by atoms with Crippen molar-refractivity contribution in [3.8, 4) is 0 Å². The second-order valence-corrected chi connectivity index (χ2v) is 6.79. The number of hydrogen-bond donors (Lipinski definition) is 1. The summed E-state index contributed by atoms with van der Waals surface area (Å²) >= 11 is 0. The first-order valence-corrected chi connectivity index (χ1v) is 8.32. The molecule has 0 aliphatic heterocycles. The SMILES string of the molecule is Cc1cccc(C)c1CN(CC(C)C)C(=O)c1cc(C(=O)O)nn1C. The first kappa shape index (κ1) is 18.7. The molecule has 0 unspecified atom stereocenters. The average Bonchev–Trinajstić information content (AvgIpc) is 2.91. The molecule has 1 aromatic carbocycles. The van der Waals surface area contributed by atoms with Crippen molar-refractivity contribution in [3.63, 3.8) is 0 Å². The Bertz CT molecular complexity index is 773. The van der Waals surface area contributed by atoms with E-state index >= 15 is 0 Å². The number of rotatable bonds is 6. The van der Waals surface area contributed by atoms with Gasteiger partial charge in [0.2, 0.25) is 0 Å². The molecule has 25 heavy (non-hydrogen) atoms. The van der Waals surface area contributed by atoms with Crippen LogP contribution in [0.1, 0.15) is 51.5 Å². The Morgan fingerprint density at radius 1 is 1.24 bits per heavy atom. The monoisotopic (exact) mass is 343 g/mol. The number of carbonyl (C=O) groups is 2. The predicted molar refractivity (Wildman–Crippen MR) is 95.7 cm³/mol. The Balaban J connectivity index is 2.37. The fourth-order valence-corrected chi connectivity index (χ4v) is 2.88. The van der Waals surface area contributed by atoms with Crippen molar-refractivity contribution >= 4 is 11.9 Å². The lowest BCUT2D eigenvalue weighted by atomic mass is 10.0. The highest BCUT2D eigenvalue weighted by Gasteiger charge is 2.23. The van der Waals surface area contributed by atoms with Crippen LogP contribution in [-0.4, -0.2) is 38.2 Å². The van der Waals surface area contributed by atoms with Gasteiger partial charge in [0.1, 0.15) is 5.69 Å². The highest BCUT2D eigenvalue weighted by molar-refractivity contribution is 5.95. The van der Waals surface area contributed by atoms with Crippen molar-refractivity contribution in [2.75, 3.05) is 6.54 Å². The number of aromatic carboxylic acids is 1. The summed E-state index contributed by atoms with van der Waals surface area (Å²) in [5, 5.41) is 13.0. The summed E-state index contributed by atoms with van der Waals surface area (Å²) in [7, 11) is 1.59. The minimum atomic E-state index is -1.14. The van der Waals surface area contributed by atoms with E-state index in [1.165, 1.54) is 10.7 Å². The second kappa shape index (κ2) is 7.51. The van der Waals surface area contributed by atoms with E-state index in [2.05, 4.69) is 18.9 Å². The highest BCUT2D eigenvalue weighted by Crippen LogP contribution is 2.19. The zero-order valence-electron chi connectivity index (χ0n) is 15.4. The van der Waals surface area contributed by atoms with E-state index in [9.17, 15) is 9.59 Å². The number of carboxylic acid groups (broad SMARTS) is 1. The maximum absolute atomic E-state index is 13.0. The molecule has 2 aromatic rings. The molecule has 0 spiro atoms. The van der Waals surface area contributed by atoms with Crippen LogP contribution in [0.15, 0.2) is 24.3 Å². The van der Waals surface area contributed by atoms with Gasteiger partial charge in [-0.3, -0.25) is 9.48 Å². The molecule has 1 amide bonds. The fourth-order valence-electron chi connectivity index (χ4n) is 2.88. The Hall–Kier alpha value is -2.63. The minimum absolute atomic E-state index is 0.123. The Kier molecular flexibility index (Phi) is 5.62. The molecule has 0 bridgehead atoms. The van der Waals surface area contributed by atoms with E-state index in [-0.39, 0.29) is 17.3 Å².